The molecule has 0 aliphatic carbocycles. The van der Waals surface area contributed by atoms with Gasteiger partial charge in [-0.3, -0.25) is 4.79 Å². The van der Waals surface area contributed by atoms with Gasteiger partial charge in [-0.2, -0.15) is 0 Å². The summed E-state index contributed by atoms with van der Waals surface area (Å²) in [4.78, 5) is 14.8. The predicted octanol–water partition coefficient (Wildman–Crippen LogP) is 3.29. The van der Waals surface area contributed by atoms with Gasteiger partial charge in [-0.1, -0.05) is 0 Å². The van der Waals surface area contributed by atoms with Crippen molar-refractivity contribution >= 4 is 28.9 Å². The molecule has 0 aliphatic rings. The molecule has 0 N–H and O–H groups in total. The van der Waals surface area contributed by atoms with Crippen molar-refractivity contribution in [3.05, 3.63) is 51.7 Å². The van der Waals surface area contributed by atoms with Crippen LogP contribution in [0, 0.1) is 3.57 Å². The van der Waals surface area contributed by atoms with Gasteiger partial charge in [0.1, 0.15) is 5.75 Å². The third-order valence-electron chi connectivity index (χ3n) is 1.96. The first-order chi connectivity index (χ1) is 7.79. The van der Waals surface area contributed by atoms with E-state index >= 15 is 0 Å². The fourth-order valence-electron chi connectivity index (χ4n) is 1.19. The molecule has 16 heavy (non-hydrogen) atoms. The molecule has 1 aromatic heterocycles. The van der Waals surface area contributed by atoms with Crippen molar-refractivity contribution in [3.8, 4) is 11.6 Å². The maximum absolute atomic E-state index is 10.8. The zero-order valence-electron chi connectivity index (χ0n) is 8.26. The highest BCUT2D eigenvalue weighted by Gasteiger charge is 2.04. The molecule has 80 valence electrons. The summed E-state index contributed by atoms with van der Waals surface area (Å²) in [6, 6.07) is 10.9. The Bertz CT molecular complexity index is 497. The quantitative estimate of drug-likeness (QED) is 0.642. The minimum Gasteiger partial charge on any atom is -0.438 e. The topological polar surface area (TPSA) is 39.2 Å². The summed E-state index contributed by atoms with van der Waals surface area (Å²) in [7, 11) is 0. The molecule has 0 saturated heterocycles. The van der Waals surface area contributed by atoms with Crippen LogP contribution in [-0.4, -0.2) is 11.3 Å². The molecule has 0 saturated carbocycles. The molecular formula is C12H8INO2. The molecule has 3 nitrogen and oxygen atoms in total. The normalized spacial score (nSPS) is 9.81. The number of carbonyl (C=O) groups excluding carboxylic acids is 1. The zero-order valence-corrected chi connectivity index (χ0v) is 10.4. The van der Waals surface area contributed by atoms with Crippen molar-refractivity contribution in [2.24, 2.45) is 0 Å². The molecule has 0 aliphatic heterocycles. The van der Waals surface area contributed by atoms with E-state index in [1.807, 2.05) is 24.3 Å². The Morgan fingerprint density at radius 3 is 2.62 bits per heavy atom. The Balaban J connectivity index is 2.26. The van der Waals surface area contributed by atoms with Crippen LogP contribution < -0.4 is 4.74 Å². The van der Waals surface area contributed by atoms with E-state index in [1.54, 1.807) is 18.3 Å². The third kappa shape index (κ3) is 2.57. The highest BCUT2D eigenvalue weighted by atomic mass is 127. The fraction of sp³-hybridized carbons (Fsp3) is 0. The van der Waals surface area contributed by atoms with Gasteiger partial charge >= 0.3 is 0 Å². The van der Waals surface area contributed by atoms with Crippen LogP contribution in [0.2, 0.25) is 0 Å². The second-order valence-corrected chi connectivity index (χ2v) is 4.32. The zero-order chi connectivity index (χ0) is 11.4. The number of aldehydes is 1. The molecule has 1 heterocycles. The smallest absolute Gasteiger partial charge is 0.229 e. The van der Waals surface area contributed by atoms with Crippen molar-refractivity contribution in [1.29, 1.82) is 0 Å². The first-order valence-corrected chi connectivity index (χ1v) is 5.71. The highest BCUT2D eigenvalue weighted by molar-refractivity contribution is 14.1. The van der Waals surface area contributed by atoms with Gasteiger partial charge in [-0.15, -0.1) is 0 Å². The lowest BCUT2D eigenvalue weighted by atomic mass is 10.3. The van der Waals surface area contributed by atoms with Crippen LogP contribution in [-0.2, 0) is 0 Å². The van der Waals surface area contributed by atoms with Crippen molar-refractivity contribution in [1.82, 2.24) is 4.98 Å². The van der Waals surface area contributed by atoms with Crippen molar-refractivity contribution in [2.45, 2.75) is 0 Å². The Morgan fingerprint density at radius 2 is 1.94 bits per heavy atom. The molecule has 2 rings (SSSR count). The van der Waals surface area contributed by atoms with Crippen molar-refractivity contribution < 1.29 is 9.53 Å². The molecule has 0 bridgehead atoms. The van der Waals surface area contributed by atoms with E-state index in [9.17, 15) is 4.79 Å². The Hall–Kier alpha value is -1.43. The number of pyridine rings is 1. The van der Waals surface area contributed by atoms with E-state index in [0.29, 0.717) is 17.2 Å². The van der Waals surface area contributed by atoms with E-state index < -0.39 is 0 Å². The SMILES string of the molecule is O=Cc1cccnc1Oc1ccc(I)cc1. The molecule has 0 spiro atoms. The lowest BCUT2D eigenvalue weighted by molar-refractivity contribution is 0.112. The number of carbonyl (C=O) groups is 1. The van der Waals surface area contributed by atoms with Gasteiger partial charge in [0.2, 0.25) is 5.88 Å². The van der Waals surface area contributed by atoms with Crippen molar-refractivity contribution in [2.75, 3.05) is 0 Å². The monoisotopic (exact) mass is 325 g/mol. The average Bonchev–Trinajstić information content (AvgIpc) is 2.33. The Morgan fingerprint density at radius 1 is 1.19 bits per heavy atom. The second kappa shape index (κ2) is 5.07. The summed E-state index contributed by atoms with van der Waals surface area (Å²) in [6.45, 7) is 0. The number of halogens is 1. The van der Waals surface area contributed by atoms with E-state index in [0.717, 1.165) is 9.86 Å². The van der Waals surface area contributed by atoms with E-state index in [1.165, 1.54) is 0 Å². The summed E-state index contributed by atoms with van der Waals surface area (Å²) in [5.41, 5.74) is 0.445. The number of benzene rings is 1. The number of aromatic nitrogens is 1. The lowest BCUT2D eigenvalue weighted by Crippen LogP contribution is -1.92. The van der Waals surface area contributed by atoms with Crippen LogP contribution in [0.5, 0.6) is 11.6 Å². The van der Waals surface area contributed by atoms with E-state index in [2.05, 4.69) is 27.6 Å². The molecule has 0 fully saturated rings. The van der Waals surface area contributed by atoms with Crippen LogP contribution in [0.15, 0.2) is 42.6 Å². The molecule has 4 heteroatoms. The number of nitrogens with zero attached hydrogens (tertiary/aromatic N) is 1. The molecule has 0 amide bonds. The predicted molar refractivity (Wildman–Crippen MR) is 68.9 cm³/mol. The molecule has 1 aromatic carbocycles. The van der Waals surface area contributed by atoms with Crippen LogP contribution in [0.4, 0.5) is 0 Å². The van der Waals surface area contributed by atoms with Crippen LogP contribution in [0.1, 0.15) is 10.4 Å². The minimum absolute atomic E-state index is 0.332. The Labute approximate surface area is 107 Å². The van der Waals surface area contributed by atoms with E-state index in [4.69, 9.17) is 4.74 Å². The summed E-state index contributed by atoms with van der Waals surface area (Å²) in [5, 5.41) is 0. The first-order valence-electron chi connectivity index (χ1n) is 4.63. The van der Waals surface area contributed by atoms with Gasteiger partial charge in [-0.25, -0.2) is 4.98 Å². The molecule has 0 unspecified atom stereocenters. The highest BCUT2D eigenvalue weighted by Crippen LogP contribution is 2.22. The van der Waals surface area contributed by atoms with Crippen LogP contribution in [0.3, 0.4) is 0 Å². The molecular weight excluding hydrogens is 317 g/mol. The van der Waals surface area contributed by atoms with Gasteiger partial charge in [0.15, 0.2) is 6.29 Å². The minimum atomic E-state index is 0.332. The maximum atomic E-state index is 10.8. The van der Waals surface area contributed by atoms with Gasteiger partial charge in [0.25, 0.3) is 0 Å². The van der Waals surface area contributed by atoms with Crippen LogP contribution in [0.25, 0.3) is 0 Å². The average molecular weight is 325 g/mol. The van der Waals surface area contributed by atoms with Crippen molar-refractivity contribution in [3.63, 3.8) is 0 Å². The largest absolute Gasteiger partial charge is 0.438 e. The number of rotatable bonds is 3. The maximum Gasteiger partial charge on any atom is 0.229 e. The lowest BCUT2D eigenvalue weighted by Gasteiger charge is -2.05. The third-order valence-corrected chi connectivity index (χ3v) is 2.67. The molecule has 0 radical (unpaired) electrons. The van der Waals surface area contributed by atoms with E-state index in [-0.39, 0.29) is 0 Å². The summed E-state index contributed by atoms with van der Waals surface area (Å²) >= 11 is 2.21. The summed E-state index contributed by atoms with van der Waals surface area (Å²) in [6.07, 6.45) is 2.32. The number of ether oxygens (including phenoxy) is 1. The summed E-state index contributed by atoms with van der Waals surface area (Å²) in [5.74, 6) is 1.00. The fourth-order valence-corrected chi connectivity index (χ4v) is 1.55. The van der Waals surface area contributed by atoms with Gasteiger partial charge in [0, 0.05) is 9.77 Å². The number of hydrogen-bond donors (Lipinski definition) is 0. The Kier molecular flexibility index (Phi) is 3.51. The second-order valence-electron chi connectivity index (χ2n) is 3.07. The van der Waals surface area contributed by atoms with Gasteiger partial charge in [-0.05, 0) is 59.0 Å². The number of hydrogen-bond acceptors (Lipinski definition) is 3. The standard InChI is InChI=1S/C12H8INO2/c13-10-3-5-11(6-4-10)16-12-9(8-15)2-1-7-14-12/h1-8H. The van der Waals surface area contributed by atoms with Gasteiger partial charge < -0.3 is 4.74 Å². The molecule has 0 atom stereocenters. The first kappa shape index (κ1) is 11.1. The molecule has 2 aromatic rings. The van der Waals surface area contributed by atoms with Gasteiger partial charge in [0.05, 0.1) is 5.56 Å². The summed E-state index contributed by atoms with van der Waals surface area (Å²) < 4.78 is 6.64. The van der Waals surface area contributed by atoms with Crippen LogP contribution >= 0.6 is 22.6 Å².